The molecule has 26 heavy (non-hydrogen) atoms. The fourth-order valence-corrected chi connectivity index (χ4v) is 3.78. The Balaban J connectivity index is 1.86. The van der Waals surface area contributed by atoms with E-state index in [1.807, 2.05) is 0 Å². The lowest BCUT2D eigenvalue weighted by Gasteiger charge is -2.35. The van der Waals surface area contributed by atoms with E-state index >= 15 is 0 Å². The molecule has 5 N–H and O–H groups in total. The van der Waals surface area contributed by atoms with Crippen molar-refractivity contribution in [2.75, 3.05) is 24.1 Å². The number of amides is 1. The van der Waals surface area contributed by atoms with Crippen molar-refractivity contribution < 1.29 is 4.79 Å². The van der Waals surface area contributed by atoms with Crippen molar-refractivity contribution in [3.05, 3.63) is 39.0 Å². The quantitative estimate of drug-likeness (QED) is 0.608. The van der Waals surface area contributed by atoms with Crippen LogP contribution >= 0.6 is 11.6 Å². The number of carbonyl (C=O) groups excluding carboxylic acids is 1. The van der Waals surface area contributed by atoms with Crippen LogP contribution in [-0.2, 0) is 5.66 Å². The Morgan fingerprint density at radius 2 is 2.19 bits per heavy atom. The van der Waals surface area contributed by atoms with E-state index in [-0.39, 0.29) is 33.8 Å². The number of piperidine rings is 1. The van der Waals surface area contributed by atoms with Crippen LogP contribution in [0.3, 0.4) is 0 Å². The first kappa shape index (κ1) is 16.8. The molecule has 2 aliphatic heterocycles. The van der Waals surface area contributed by atoms with Gasteiger partial charge in [0.2, 0.25) is 0 Å². The first-order valence-electron chi connectivity index (χ1n) is 8.26. The van der Waals surface area contributed by atoms with Gasteiger partial charge in [-0.2, -0.15) is 0 Å². The van der Waals surface area contributed by atoms with E-state index in [2.05, 4.69) is 25.9 Å². The highest BCUT2D eigenvalue weighted by Crippen LogP contribution is 2.31. The normalized spacial score (nSPS) is 21.5. The van der Waals surface area contributed by atoms with Gasteiger partial charge < -0.3 is 21.7 Å². The van der Waals surface area contributed by atoms with Crippen LogP contribution in [0.25, 0.3) is 0 Å². The first-order valence-corrected chi connectivity index (χ1v) is 8.64. The van der Waals surface area contributed by atoms with Crippen LogP contribution in [0.5, 0.6) is 0 Å². The summed E-state index contributed by atoms with van der Waals surface area (Å²) in [7, 11) is 0. The standard InChI is InChI=1S/C16H18ClN7O2/c1-8-5-9(22-13-10(17)12(18)20-7-21-13)15(26)24-11(8)14(25)23-16(24)3-2-4-19-6-16/h5,7,19H,2-4,6H2,1H3,(H,23,25)(H3,18,20,21,22)/t16-/m0/s1. The summed E-state index contributed by atoms with van der Waals surface area (Å²) in [5.74, 6) is 0.121. The van der Waals surface area contributed by atoms with Crippen LogP contribution in [0.4, 0.5) is 17.3 Å². The SMILES string of the molecule is Cc1cc(Nc2ncnc(N)c2Cl)c(=O)n2c1C(=O)N[C@@]21CCCNC1. The first-order chi connectivity index (χ1) is 12.4. The summed E-state index contributed by atoms with van der Waals surface area (Å²) < 4.78 is 1.55. The zero-order valence-electron chi connectivity index (χ0n) is 14.1. The van der Waals surface area contributed by atoms with Crippen LogP contribution in [0.1, 0.15) is 28.9 Å². The molecular weight excluding hydrogens is 358 g/mol. The maximum atomic E-state index is 13.2. The molecule has 4 heterocycles. The molecule has 1 fully saturated rings. The molecule has 0 saturated carbocycles. The van der Waals surface area contributed by atoms with Gasteiger partial charge in [-0.15, -0.1) is 0 Å². The summed E-state index contributed by atoms with van der Waals surface area (Å²) in [4.78, 5) is 33.5. The van der Waals surface area contributed by atoms with Crippen molar-refractivity contribution in [3.8, 4) is 0 Å². The smallest absolute Gasteiger partial charge is 0.276 e. The summed E-state index contributed by atoms with van der Waals surface area (Å²) in [5, 5.41) is 9.32. The number of nitrogens with zero attached hydrogens (tertiary/aromatic N) is 3. The highest BCUT2D eigenvalue weighted by atomic mass is 35.5. The number of nitrogens with one attached hydrogen (secondary N) is 3. The predicted molar refractivity (Wildman–Crippen MR) is 97.7 cm³/mol. The molecule has 0 bridgehead atoms. The number of anilines is 3. The summed E-state index contributed by atoms with van der Waals surface area (Å²) in [6, 6.07) is 1.62. The predicted octanol–water partition coefficient (Wildman–Crippen LogP) is 0.706. The topological polar surface area (TPSA) is 127 Å². The van der Waals surface area contributed by atoms with Crippen molar-refractivity contribution in [1.29, 1.82) is 0 Å². The van der Waals surface area contributed by atoms with E-state index in [0.29, 0.717) is 24.2 Å². The van der Waals surface area contributed by atoms with E-state index in [4.69, 9.17) is 17.3 Å². The number of hydrogen-bond acceptors (Lipinski definition) is 7. The molecule has 2 aliphatic rings. The second-order valence-corrected chi connectivity index (χ2v) is 6.92. The Morgan fingerprint density at radius 1 is 1.38 bits per heavy atom. The average molecular weight is 376 g/mol. The zero-order valence-corrected chi connectivity index (χ0v) is 14.9. The number of rotatable bonds is 2. The molecule has 0 radical (unpaired) electrons. The molecule has 0 unspecified atom stereocenters. The molecule has 1 spiro atoms. The molecule has 10 heteroatoms. The molecule has 0 aromatic carbocycles. The highest BCUT2D eigenvalue weighted by Gasteiger charge is 2.45. The van der Waals surface area contributed by atoms with Crippen molar-refractivity contribution in [1.82, 2.24) is 25.2 Å². The Hall–Kier alpha value is -2.65. The average Bonchev–Trinajstić information content (AvgIpc) is 2.89. The number of hydrogen-bond donors (Lipinski definition) is 4. The van der Waals surface area contributed by atoms with Gasteiger partial charge in [0.25, 0.3) is 11.5 Å². The second kappa shape index (κ2) is 5.96. The highest BCUT2D eigenvalue weighted by molar-refractivity contribution is 6.35. The van der Waals surface area contributed by atoms with Crippen molar-refractivity contribution >= 4 is 34.8 Å². The molecular formula is C16H18ClN7O2. The van der Waals surface area contributed by atoms with Gasteiger partial charge in [-0.1, -0.05) is 11.6 Å². The number of aromatic nitrogens is 3. The number of aryl methyl sites for hydroxylation is 1. The Labute approximate surface area is 154 Å². The molecule has 4 rings (SSSR count). The van der Waals surface area contributed by atoms with E-state index < -0.39 is 5.66 Å². The monoisotopic (exact) mass is 375 g/mol. The molecule has 2 aromatic heterocycles. The summed E-state index contributed by atoms with van der Waals surface area (Å²) in [5.41, 5.74) is 5.97. The number of carbonyl (C=O) groups is 1. The number of fused-ring (bicyclic) bond motifs is 2. The second-order valence-electron chi connectivity index (χ2n) is 6.54. The number of pyridine rings is 1. The van der Waals surface area contributed by atoms with Gasteiger partial charge in [-0.05, 0) is 37.9 Å². The van der Waals surface area contributed by atoms with Crippen LogP contribution in [-0.4, -0.2) is 33.5 Å². The lowest BCUT2D eigenvalue weighted by atomic mass is 10.00. The lowest BCUT2D eigenvalue weighted by Crippen LogP contribution is -2.56. The lowest BCUT2D eigenvalue weighted by molar-refractivity contribution is 0.0892. The third-order valence-electron chi connectivity index (χ3n) is 4.81. The maximum Gasteiger partial charge on any atom is 0.276 e. The summed E-state index contributed by atoms with van der Waals surface area (Å²) in [6.07, 6.45) is 2.80. The van der Waals surface area contributed by atoms with Gasteiger partial charge in [0.1, 0.15) is 34.2 Å². The van der Waals surface area contributed by atoms with Crippen LogP contribution in [0.15, 0.2) is 17.2 Å². The molecule has 9 nitrogen and oxygen atoms in total. The molecule has 0 aliphatic carbocycles. The van der Waals surface area contributed by atoms with Crippen LogP contribution < -0.4 is 27.2 Å². The summed E-state index contributed by atoms with van der Waals surface area (Å²) in [6.45, 7) is 3.14. The largest absolute Gasteiger partial charge is 0.382 e. The van der Waals surface area contributed by atoms with Gasteiger partial charge in [0.15, 0.2) is 5.82 Å². The van der Waals surface area contributed by atoms with E-state index in [1.165, 1.54) is 6.33 Å². The Kier molecular flexibility index (Phi) is 3.85. The van der Waals surface area contributed by atoms with Crippen LogP contribution in [0, 0.1) is 6.92 Å². The van der Waals surface area contributed by atoms with Crippen molar-refractivity contribution in [2.45, 2.75) is 25.4 Å². The third-order valence-corrected chi connectivity index (χ3v) is 5.18. The van der Waals surface area contributed by atoms with Crippen molar-refractivity contribution in [2.24, 2.45) is 0 Å². The van der Waals surface area contributed by atoms with E-state index in [9.17, 15) is 9.59 Å². The van der Waals surface area contributed by atoms with Crippen molar-refractivity contribution in [3.63, 3.8) is 0 Å². The minimum absolute atomic E-state index is 0.118. The maximum absolute atomic E-state index is 13.2. The van der Waals surface area contributed by atoms with Gasteiger partial charge in [-0.25, -0.2) is 9.97 Å². The number of halogens is 1. The molecule has 1 amide bonds. The van der Waals surface area contributed by atoms with Gasteiger partial charge in [0.05, 0.1) is 0 Å². The third kappa shape index (κ3) is 2.43. The molecule has 1 saturated heterocycles. The minimum atomic E-state index is -0.751. The fourth-order valence-electron chi connectivity index (χ4n) is 3.64. The minimum Gasteiger partial charge on any atom is -0.382 e. The van der Waals surface area contributed by atoms with Crippen LogP contribution in [0.2, 0.25) is 5.02 Å². The number of nitrogens with two attached hydrogens (primary N) is 1. The van der Waals surface area contributed by atoms with E-state index in [0.717, 1.165) is 13.0 Å². The molecule has 136 valence electrons. The van der Waals surface area contributed by atoms with Gasteiger partial charge in [0, 0.05) is 6.54 Å². The van der Waals surface area contributed by atoms with E-state index in [1.54, 1.807) is 17.6 Å². The molecule has 1 atom stereocenters. The van der Waals surface area contributed by atoms with Gasteiger partial charge >= 0.3 is 0 Å². The Morgan fingerprint density at radius 3 is 2.92 bits per heavy atom. The fraction of sp³-hybridized carbons (Fsp3) is 0.375. The Bertz CT molecular complexity index is 966. The number of nitrogen functional groups attached to an aromatic ring is 1. The zero-order chi connectivity index (χ0) is 18.5. The molecule has 2 aromatic rings. The summed E-state index contributed by atoms with van der Waals surface area (Å²) >= 11 is 6.12. The van der Waals surface area contributed by atoms with Gasteiger partial charge in [-0.3, -0.25) is 14.2 Å².